The standard InChI is InChI=1S/C20H25N5O5/c1-28-12-9-21-20(27)19(17-8-5-11-30-17)24(10-13-29-2)18(26)14-25-16-7-4-3-6-15(16)22-23-25/h3-8,11,19H,9-10,12-14H2,1-2H3,(H,21,27)/t19-/m1/s1. The van der Waals surface area contributed by atoms with Crippen molar-refractivity contribution in [2.24, 2.45) is 0 Å². The molecule has 2 heterocycles. The zero-order chi connectivity index (χ0) is 21.3. The highest BCUT2D eigenvalue weighted by atomic mass is 16.5. The summed E-state index contributed by atoms with van der Waals surface area (Å²) in [6.07, 6.45) is 1.47. The lowest BCUT2D eigenvalue weighted by atomic mass is 10.1. The van der Waals surface area contributed by atoms with Crippen LogP contribution in [0.5, 0.6) is 0 Å². The van der Waals surface area contributed by atoms with Gasteiger partial charge in [0, 0.05) is 27.3 Å². The van der Waals surface area contributed by atoms with Crippen LogP contribution in [0.1, 0.15) is 11.8 Å². The summed E-state index contributed by atoms with van der Waals surface area (Å²) in [6.45, 7) is 1.05. The smallest absolute Gasteiger partial charge is 0.250 e. The molecule has 0 saturated carbocycles. The van der Waals surface area contributed by atoms with E-state index in [2.05, 4.69) is 15.6 Å². The number of nitrogens with one attached hydrogen (secondary N) is 1. The number of benzene rings is 1. The van der Waals surface area contributed by atoms with E-state index in [1.165, 1.54) is 23.0 Å². The quantitative estimate of drug-likeness (QED) is 0.465. The fraction of sp³-hybridized carbons (Fsp3) is 0.400. The first kappa shape index (κ1) is 21.5. The molecule has 160 valence electrons. The molecule has 0 radical (unpaired) electrons. The monoisotopic (exact) mass is 415 g/mol. The van der Waals surface area contributed by atoms with Crippen LogP contribution in [0.2, 0.25) is 0 Å². The first-order valence-corrected chi connectivity index (χ1v) is 9.52. The molecule has 0 bridgehead atoms. The van der Waals surface area contributed by atoms with Gasteiger partial charge >= 0.3 is 0 Å². The number of aromatic nitrogens is 3. The van der Waals surface area contributed by atoms with Crippen molar-refractivity contribution in [3.63, 3.8) is 0 Å². The van der Waals surface area contributed by atoms with Gasteiger partial charge in [0.25, 0.3) is 5.91 Å². The van der Waals surface area contributed by atoms with Gasteiger partial charge in [0.1, 0.15) is 17.8 Å². The van der Waals surface area contributed by atoms with E-state index in [1.807, 2.05) is 24.3 Å². The number of ether oxygens (including phenoxy) is 2. The third kappa shape index (κ3) is 5.02. The second-order valence-electron chi connectivity index (χ2n) is 6.52. The molecule has 0 aliphatic carbocycles. The van der Waals surface area contributed by atoms with Crippen molar-refractivity contribution in [1.29, 1.82) is 0 Å². The molecule has 10 nitrogen and oxygen atoms in total. The molecule has 0 aliphatic heterocycles. The highest BCUT2D eigenvalue weighted by Gasteiger charge is 2.33. The highest BCUT2D eigenvalue weighted by Crippen LogP contribution is 2.23. The largest absolute Gasteiger partial charge is 0.467 e. The summed E-state index contributed by atoms with van der Waals surface area (Å²) in [5.41, 5.74) is 1.42. The number of rotatable bonds is 11. The van der Waals surface area contributed by atoms with E-state index in [4.69, 9.17) is 13.9 Å². The molecule has 0 aliphatic rings. The molecule has 2 aromatic heterocycles. The number of nitrogens with zero attached hydrogens (tertiary/aromatic N) is 4. The van der Waals surface area contributed by atoms with Crippen molar-refractivity contribution in [3.05, 3.63) is 48.4 Å². The Morgan fingerprint density at radius 3 is 2.70 bits per heavy atom. The number of hydrogen-bond acceptors (Lipinski definition) is 7. The van der Waals surface area contributed by atoms with Gasteiger partial charge in [-0.15, -0.1) is 5.10 Å². The van der Waals surface area contributed by atoms with Gasteiger partial charge in [0.2, 0.25) is 5.91 Å². The molecule has 0 spiro atoms. The van der Waals surface area contributed by atoms with Crippen LogP contribution in [-0.2, 0) is 25.6 Å². The summed E-state index contributed by atoms with van der Waals surface area (Å²) in [6, 6.07) is 9.75. The molecule has 1 atom stereocenters. The number of hydrogen-bond donors (Lipinski definition) is 1. The number of para-hydroxylation sites is 1. The van der Waals surface area contributed by atoms with Gasteiger partial charge in [0.15, 0.2) is 6.04 Å². The Bertz CT molecular complexity index is 956. The zero-order valence-electron chi connectivity index (χ0n) is 17.0. The van der Waals surface area contributed by atoms with Gasteiger partial charge in [-0.3, -0.25) is 9.59 Å². The molecule has 1 N–H and O–H groups in total. The minimum atomic E-state index is -0.950. The molecule has 1 aromatic carbocycles. The van der Waals surface area contributed by atoms with Gasteiger partial charge in [0.05, 0.1) is 25.0 Å². The molecule has 2 amide bonds. The Morgan fingerprint density at radius 1 is 1.17 bits per heavy atom. The average molecular weight is 415 g/mol. The second-order valence-corrected chi connectivity index (χ2v) is 6.52. The van der Waals surface area contributed by atoms with Crippen LogP contribution >= 0.6 is 0 Å². The van der Waals surface area contributed by atoms with Gasteiger partial charge in [-0.05, 0) is 24.3 Å². The van der Waals surface area contributed by atoms with Crippen LogP contribution in [0.4, 0.5) is 0 Å². The fourth-order valence-electron chi connectivity index (χ4n) is 3.08. The lowest BCUT2D eigenvalue weighted by molar-refractivity contribution is -0.143. The van der Waals surface area contributed by atoms with Crippen molar-refractivity contribution in [2.75, 3.05) is 40.5 Å². The fourth-order valence-corrected chi connectivity index (χ4v) is 3.08. The SMILES string of the molecule is COCCNC(=O)[C@@H](c1ccco1)N(CCOC)C(=O)Cn1nnc2ccccc21. The van der Waals surface area contributed by atoms with Crippen LogP contribution < -0.4 is 5.32 Å². The average Bonchev–Trinajstić information content (AvgIpc) is 3.41. The molecular formula is C20H25N5O5. The number of furan rings is 1. The number of amides is 2. The van der Waals surface area contributed by atoms with Crippen LogP contribution in [0, 0.1) is 0 Å². The zero-order valence-corrected chi connectivity index (χ0v) is 17.0. The van der Waals surface area contributed by atoms with E-state index in [0.29, 0.717) is 24.4 Å². The molecule has 3 rings (SSSR count). The van der Waals surface area contributed by atoms with Crippen LogP contribution in [0.25, 0.3) is 11.0 Å². The van der Waals surface area contributed by atoms with Crippen molar-refractivity contribution in [2.45, 2.75) is 12.6 Å². The maximum atomic E-state index is 13.3. The molecule has 0 fully saturated rings. The predicted molar refractivity (Wildman–Crippen MR) is 107 cm³/mol. The Balaban J connectivity index is 1.86. The minimum absolute atomic E-state index is 0.0766. The van der Waals surface area contributed by atoms with E-state index in [9.17, 15) is 9.59 Å². The molecular weight excluding hydrogens is 390 g/mol. The van der Waals surface area contributed by atoms with Crippen molar-refractivity contribution >= 4 is 22.8 Å². The normalized spacial score (nSPS) is 12.1. The number of carbonyl (C=O) groups is 2. The van der Waals surface area contributed by atoms with E-state index in [1.54, 1.807) is 19.2 Å². The van der Waals surface area contributed by atoms with E-state index < -0.39 is 6.04 Å². The van der Waals surface area contributed by atoms with E-state index in [-0.39, 0.29) is 31.5 Å². The van der Waals surface area contributed by atoms with Crippen molar-refractivity contribution < 1.29 is 23.5 Å². The summed E-state index contributed by atoms with van der Waals surface area (Å²) < 4.78 is 17.1. The Kier molecular flexibility index (Phi) is 7.52. The van der Waals surface area contributed by atoms with Crippen molar-refractivity contribution in [1.82, 2.24) is 25.2 Å². The molecule has 0 saturated heterocycles. The van der Waals surface area contributed by atoms with Gasteiger partial charge in [-0.1, -0.05) is 17.3 Å². The van der Waals surface area contributed by atoms with Crippen LogP contribution in [0.15, 0.2) is 47.1 Å². The third-order valence-electron chi connectivity index (χ3n) is 4.54. The number of carbonyl (C=O) groups excluding carboxylic acids is 2. The highest BCUT2D eigenvalue weighted by molar-refractivity contribution is 5.88. The Morgan fingerprint density at radius 2 is 1.97 bits per heavy atom. The molecule has 10 heteroatoms. The van der Waals surface area contributed by atoms with Crippen LogP contribution in [0.3, 0.4) is 0 Å². The van der Waals surface area contributed by atoms with Gasteiger partial charge < -0.3 is 24.1 Å². The molecule has 30 heavy (non-hydrogen) atoms. The maximum absolute atomic E-state index is 13.3. The number of fused-ring (bicyclic) bond motifs is 1. The Hall–Kier alpha value is -3.24. The lowest BCUT2D eigenvalue weighted by Gasteiger charge is -2.29. The summed E-state index contributed by atoms with van der Waals surface area (Å²) in [7, 11) is 3.08. The lowest BCUT2D eigenvalue weighted by Crippen LogP contribution is -2.46. The summed E-state index contributed by atoms with van der Waals surface area (Å²) in [4.78, 5) is 27.6. The van der Waals surface area contributed by atoms with E-state index >= 15 is 0 Å². The second kappa shape index (κ2) is 10.5. The molecule has 3 aromatic rings. The van der Waals surface area contributed by atoms with Gasteiger partial charge in [-0.25, -0.2) is 4.68 Å². The van der Waals surface area contributed by atoms with Crippen LogP contribution in [-0.4, -0.2) is 72.2 Å². The summed E-state index contributed by atoms with van der Waals surface area (Å²) in [5, 5.41) is 10.9. The topological polar surface area (TPSA) is 112 Å². The third-order valence-corrected chi connectivity index (χ3v) is 4.54. The maximum Gasteiger partial charge on any atom is 0.250 e. The molecule has 0 unspecified atom stereocenters. The first-order valence-electron chi connectivity index (χ1n) is 9.52. The van der Waals surface area contributed by atoms with E-state index in [0.717, 1.165) is 5.52 Å². The Labute approximate surface area is 173 Å². The summed E-state index contributed by atoms with van der Waals surface area (Å²) >= 11 is 0. The van der Waals surface area contributed by atoms with Crippen molar-refractivity contribution in [3.8, 4) is 0 Å². The minimum Gasteiger partial charge on any atom is -0.467 e. The summed E-state index contributed by atoms with van der Waals surface area (Å²) in [5.74, 6) is -0.321. The first-order chi connectivity index (χ1) is 14.7. The van der Waals surface area contributed by atoms with Gasteiger partial charge in [-0.2, -0.15) is 0 Å². The predicted octanol–water partition coefficient (Wildman–Crippen LogP) is 1.00. The number of methoxy groups -OCH3 is 2.